The number of carbonyl (C=O) groups is 1. The van der Waals surface area contributed by atoms with Gasteiger partial charge in [-0.05, 0) is 0 Å². The Morgan fingerprint density at radius 3 is 2.39 bits per heavy atom. The molecule has 31 heavy (non-hydrogen) atoms. The second-order valence-corrected chi connectivity index (χ2v) is 9.36. The summed E-state index contributed by atoms with van der Waals surface area (Å²) < 4.78 is 18.1. The van der Waals surface area contributed by atoms with Gasteiger partial charge in [-0.3, -0.25) is 0 Å². The van der Waals surface area contributed by atoms with Crippen LogP contribution in [0.25, 0.3) is 0 Å². The van der Waals surface area contributed by atoms with Gasteiger partial charge in [-0.25, -0.2) is 0 Å². The Labute approximate surface area is 191 Å². The molecule has 0 aliphatic carbocycles. The molecule has 0 saturated carbocycles. The van der Waals surface area contributed by atoms with Crippen LogP contribution in [0.15, 0.2) is 36.4 Å². The van der Waals surface area contributed by atoms with Crippen molar-refractivity contribution in [3.8, 4) is 11.5 Å². The van der Waals surface area contributed by atoms with Crippen LogP contribution in [0, 0.1) is 0 Å². The third kappa shape index (κ3) is 6.97. The van der Waals surface area contributed by atoms with Crippen molar-refractivity contribution in [2.24, 2.45) is 0 Å². The van der Waals surface area contributed by atoms with Crippen molar-refractivity contribution in [1.29, 1.82) is 0 Å². The predicted octanol–water partition coefficient (Wildman–Crippen LogP) is 2.96. The van der Waals surface area contributed by atoms with Crippen LogP contribution < -0.4 is 19.3 Å². The first kappa shape index (κ1) is 25.2. The van der Waals surface area contributed by atoms with Crippen LogP contribution >= 0.6 is 0 Å². The van der Waals surface area contributed by atoms with Crippen molar-refractivity contribution in [2.75, 3.05) is 27.9 Å². The number of rotatable bonds is 12. The normalized spacial score (nSPS) is 12.8. The monoisotopic (exact) mass is 495 g/mol. The molecule has 2 atom stereocenters. The molecular formula is C24H33NO5Se. The van der Waals surface area contributed by atoms with Crippen molar-refractivity contribution >= 4 is 25.3 Å². The molecule has 2 aromatic rings. The molecule has 2 N–H and O–H groups in total. The Morgan fingerprint density at radius 2 is 1.77 bits per heavy atom. The summed E-state index contributed by atoms with van der Waals surface area (Å²) in [5, 5.41) is 14.0. The zero-order valence-electron chi connectivity index (χ0n) is 18.9. The van der Waals surface area contributed by atoms with E-state index in [1.807, 2.05) is 37.3 Å². The molecule has 0 aliphatic heterocycles. The minimum atomic E-state index is -0.451. The average Bonchev–Trinajstić information content (AvgIpc) is 2.79. The quantitative estimate of drug-likeness (QED) is 0.444. The molecule has 0 saturated heterocycles. The van der Waals surface area contributed by atoms with Gasteiger partial charge in [0.05, 0.1) is 0 Å². The number of benzene rings is 2. The molecule has 0 bridgehead atoms. The van der Waals surface area contributed by atoms with E-state index in [0.717, 1.165) is 22.0 Å². The zero-order valence-corrected chi connectivity index (χ0v) is 20.6. The number of aliphatic hydroxyl groups is 1. The molecule has 7 heteroatoms. The molecule has 2 aromatic carbocycles. The van der Waals surface area contributed by atoms with Gasteiger partial charge in [0.2, 0.25) is 0 Å². The minimum absolute atomic E-state index is 0.0558. The summed E-state index contributed by atoms with van der Waals surface area (Å²) in [7, 11) is 4.94. The van der Waals surface area contributed by atoms with Crippen LogP contribution in [0.5, 0.6) is 11.5 Å². The molecule has 0 radical (unpaired) electrons. The van der Waals surface area contributed by atoms with E-state index in [0.29, 0.717) is 30.9 Å². The van der Waals surface area contributed by atoms with Gasteiger partial charge in [-0.1, -0.05) is 0 Å². The number of amides is 1. The molecule has 0 fully saturated rings. The number of hydrogen-bond donors (Lipinski definition) is 2. The van der Waals surface area contributed by atoms with E-state index in [1.54, 1.807) is 21.3 Å². The van der Waals surface area contributed by atoms with Crippen LogP contribution in [0.1, 0.15) is 49.2 Å². The van der Waals surface area contributed by atoms with Crippen LogP contribution in [0.2, 0.25) is 5.32 Å². The average molecular weight is 494 g/mol. The van der Waals surface area contributed by atoms with Gasteiger partial charge < -0.3 is 0 Å². The third-order valence-corrected chi connectivity index (χ3v) is 7.52. The number of methoxy groups -OCH3 is 3. The maximum atomic E-state index is 11.3. The third-order valence-electron chi connectivity index (χ3n) is 5.10. The number of aliphatic hydroxyl groups excluding tert-OH is 1. The molecule has 170 valence electrons. The summed E-state index contributed by atoms with van der Waals surface area (Å²) in [5.74, 6) is 1.25. The van der Waals surface area contributed by atoms with Gasteiger partial charge in [-0.15, -0.1) is 0 Å². The van der Waals surface area contributed by atoms with Crippen molar-refractivity contribution < 1.29 is 24.1 Å². The fourth-order valence-corrected chi connectivity index (χ4v) is 5.88. The van der Waals surface area contributed by atoms with Crippen LogP contribution in [-0.4, -0.2) is 53.8 Å². The summed E-state index contributed by atoms with van der Waals surface area (Å²) in [4.78, 5) is 11.3. The SMILES string of the molecule is CC[C@H](O)c1ccccc1[Se]CC(OC)c1cc(OC)c(OC)cc1CCNC(C)=O. The van der Waals surface area contributed by atoms with Crippen LogP contribution in [0.4, 0.5) is 0 Å². The predicted molar refractivity (Wildman–Crippen MR) is 124 cm³/mol. The Balaban J connectivity index is 2.31. The molecular weight excluding hydrogens is 461 g/mol. The molecule has 6 nitrogen and oxygen atoms in total. The van der Waals surface area contributed by atoms with Crippen molar-refractivity contribution in [2.45, 2.75) is 44.2 Å². The van der Waals surface area contributed by atoms with E-state index in [9.17, 15) is 9.90 Å². The van der Waals surface area contributed by atoms with E-state index >= 15 is 0 Å². The Morgan fingerprint density at radius 1 is 1.10 bits per heavy atom. The van der Waals surface area contributed by atoms with Gasteiger partial charge in [0.15, 0.2) is 0 Å². The summed E-state index contributed by atoms with van der Waals surface area (Å²) in [5.41, 5.74) is 3.08. The molecule has 1 unspecified atom stereocenters. The second kappa shape index (κ2) is 12.7. The van der Waals surface area contributed by atoms with E-state index in [4.69, 9.17) is 14.2 Å². The molecule has 0 aliphatic rings. The molecule has 0 spiro atoms. The first-order chi connectivity index (χ1) is 14.9. The summed E-state index contributed by atoms with van der Waals surface area (Å²) in [6.45, 7) is 4.03. The summed E-state index contributed by atoms with van der Waals surface area (Å²) in [6, 6.07) is 12.0. The van der Waals surface area contributed by atoms with Gasteiger partial charge in [0.25, 0.3) is 0 Å². The molecule has 0 aromatic heterocycles. The van der Waals surface area contributed by atoms with E-state index in [-0.39, 0.29) is 27.0 Å². The summed E-state index contributed by atoms with van der Waals surface area (Å²) >= 11 is 0.107. The Hall–Kier alpha value is -2.05. The van der Waals surface area contributed by atoms with Crippen molar-refractivity contribution in [3.05, 3.63) is 53.1 Å². The summed E-state index contributed by atoms with van der Waals surface area (Å²) in [6.07, 6.45) is 0.754. The molecule has 2 rings (SSSR count). The van der Waals surface area contributed by atoms with Crippen LogP contribution in [-0.2, 0) is 16.0 Å². The van der Waals surface area contributed by atoms with Crippen LogP contribution in [0.3, 0.4) is 0 Å². The topological polar surface area (TPSA) is 77.0 Å². The number of ether oxygens (including phenoxy) is 3. The van der Waals surface area contributed by atoms with E-state index in [2.05, 4.69) is 11.4 Å². The number of carbonyl (C=O) groups excluding carboxylic acids is 1. The fourth-order valence-electron chi connectivity index (χ4n) is 3.38. The van der Waals surface area contributed by atoms with Gasteiger partial charge in [-0.2, -0.15) is 0 Å². The first-order valence-corrected chi connectivity index (χ1v) is 12.4. The Bertz CT molecular complexity index is 858. The Kier molecular flexibility index (Phi) is 10.3. The number of hydrogen-bond acceptors (Lipinski definition) is 5. The standard InChI is InChI=1S/C24H33NO5Se/c1-6-20(27)18-9-7-8-10-24(18)31-15-23(30-5)19-14-22(29-4)21(28-3)13-17(19)11-12-25-16(2)26/h7-10,13-14,20,23,27H,6,11-12,15H2,1-5H3,(H,25,26)/t20-,23?/m0/s1. The molecule has 1 amide bonds. The molecule has 0 heterocycles. The fraction of sp³-hybridized carbons (Fsp3) is 0.458. The zero-order chi connectivity index (χ0) is 22.8. The van der Waals surface area contributed by atoms with Gasteiger partial charge in [0.1, 0.15) is 0 Å². The number of nitrogens with one attached hydrogen (secondary N) is 1. The van der Waals surface area contributed by atoms with E-state index in [1.165, 1.54) is 11.4 Å². The second-order valence-electron chi connectivity index (χ2n) is 7.14. The van der Waals surface area contributed by atoms with Crippen molar-refractivity contribution in [3.63, 3.8) is 0 Å². The van der Waals surface area contributed by atoms with Gasteiger partial charge in [0, 0.05) is 0 Å². The van der Waals surface area contributed by atoms with E-state index < -0.39 is 6.10 Å². The first-order valence-electron chi connectivity index (χ1n) is 10.4. The van der Waals surface area contributed by atoms with Crippen molar-refractivity contribution in [1.82, 2.24) is 5.32 Å². The maximum absolute atomic E-state index is 11.3. The van der Waals surface area contributed by atoms with Gasteiger partial charge >= 0.3 is 191 Å².